The lowest BCUT2D eigenvalue weighted by atomic mass is 10.2. The van der Waals surface area contributed by atoms with Gasteiger partial charge in [0.2, 0.25) is 0 Å². The second kappa shape index (κ2) is 3.71. The molecule has 3 aromatic rings. The Bertz CT molecular complexity index is 688. The molecule has 0 fully saturated rings. The minimum absolute atomic E-state index is 0.496. The lowest BCUT2D eigenvalue weighted by Gasteiger charge is -1.92. The third kappa shape index (κ3) is 1.42. The minimum atomic E-state index is 0.496. The molecule has 0 aliphatic heterocycles. The van der Waals surface area contributed by atoms with Gasteiger partial charge in [0.15, 0.2) is 5.69 Å². The molecule has 3 rings (SSSR count). The van der Waals surface area contributed by atoms with Crippen LogP contribution in [0.5, 0.6) is 0 Å². The van der Waals surface area contributed by atoms with Gasteiger partial charge in [0.05, 0.1) is 0 Å². The number of fused-ring (bicyclic) bond motifs is 1. The summed E-state index contributed by atoms with van der Waals surface area (Å²) >= 11 is 3.23. The van der Waals surface area contributed by atoms with E-state index in [1.807, 2.05) is 12.1 Å². The summed E-state index contributed by atoms with van der Waals surface area (Å²) in [4.78, 5) is 4.29. The van der Waals surface area contributed by atoms with Crippen molar-refractivity contribution < 1.29 is 0 Å². The van der Waals surface area contributed by atoms with Crippen molar-refractivity contribution in [2.24, 2.45) is 0 Å². The van der Waals surface area contributed by atoms with Gasteiger partial charge in [-0.25, -0.2) is 4.98 Å². The zero-order chi connectivity index (χ0) is 11.0. The van der Waals surface area contributed by atoms with Gasteiger partial charge < -0.3 is 0 Å². The summed E-state index contributed by atoms with van der Waals surface area (Å²) in [5, 5.41) is 14.8. The van der Waals surface area contributed by atoms with Crippen LogP contribution in [0.3, 0.4) is 0 Å². The fraction of sp³-hybridized carbons (Fsp3) is 0. The molecule has 2 heterocycles. The fourth-order valence-corrected chi connectivity index (χ4v) is 3.39. The Morgan fingerprint density at radius 3 is 2.81 bits per heavy atom. The van der Waals surface area contributed by atoms with Gasteiger partial charge in [-0.2, -0.15) is 5.26 Å². The summed E-state index contributed by atoms with van der Waals surface area (Å²) in [5.41, 5.74) is 1.63. The molecule has 0 spiro atoms. The van der Waals surface area contributed by atoms with E-state index in [2.05, 4.69) is 28.6 Å². The van der Waals surface area contributed by atoms with Crippen LogP contribution in [0.4, 0.5) is 0 Å². The number of nitrogens with zero attached hydrogens (tertiary/aromatic N) is 2. The van der Waals surface area contributed by atoms with Gasteiger partial charge >= 0.3 is 0 Å². The van der Waals surface area contributed by atoms with Gasteiger partial charge in [-0.1, -0.05) is 18.2 Å². The fourth-order valence-electron chi connectivity index (χ4n) is 1.59. The maximum Gasteiger partial charge on any atom is 0.152 e. The largest absolute Gasteiger partial charge is 0.225 e. The van der Waals surface area contributed by atoms with Crippen LogP contribution in [0.1, 0.15) is 5.69 Å². The third-order valence-electron chi connectivity index (χ3n) is 2.33. The van der Waals surface area contributed by atoms with E-state index in [9.17, 15) is 0 Å². The smallest absolute Gasteiger partial charge is 0.152 e. The molecule has 2 nitrogen and oxygen atoms in total. The number of thiophene rings is 1. The molecule has 0 saturated heterocycles. The van der Waals surface area contributed by atoms with Crippen LogP contribution < -0.4 is 0 Å². The molecule has 0 bridgehead atoms. The maximum atomic E-state index is 8.76. The average molecular weight is 242 g/mol. The Labute approximate surface area is 100 Å². The highest BCUT2D eigenvalue weighted by Crippen LogP contribution is 2.35. The highest BCUT2D eigenvalue weighted by molar-refractivity contribution is 7.18. The summed E-state index contributed by atoms with van der Waals surface area (Å²) in [6, 6.07) is 10.3. The van der Waals surface area contributed by atoms with Crippen molar-refractivity contribution in [2.75, 3.05) is 0 Å². The van der Waals surface area contributed by atoms with Crippen molar-refractivity contribution in [3.8, 4) is 16.6 Å². The normalized spacial score (nSPS) is 10.4. The molecule has 16 heavy (non-hydrogen) atoms. The molecule has 1 aromatic carbocycles. The summed E-state index contributed by atoms with van der Waals surface area (Å²) < 4.78 is 1.26. The molecule has 2 aromatic heterocycles. The summed E-state index contributed by atoms with van der Waals surface area (Å²) in [6.45, 7) is 0. The Balaban J connectivity index is 2.23. The Morgan fingerprint density at radius 1 is 1.12 bits per heavy atom. The van der Waals surface area contributed by atoms with Crippen molar-refractivity contribution in [1.29, 1.82) is 5.26 Å². The molecule has 0 saturated carbocycles. The molecular formula is C12H6N2S2. The third-order valence-corrected chi connectivity index (χ3v) is 4.17. The first-order chi connectivity index (χ1) is 7.88. The predicted octanol–water partition coefficient (Wildman–Crippen LogP) is 3.90. The van der Waals surface area contributed by atoms with Crippen LogP contribution in [0, 0.1) is 11.3 Å². The summed E-state index contributed by atoms with van der Waals surface area (Å²) in [7, 11) is 0. The standard InChI is InChI=1S/C12H6N2S2/c13-5-8-6-16-12(14-8)10-7-15-11-4-2-1-3-9(10)11/h1-4,6-7H. The van der Waals surface area contributed by atoms with E-state index in [4.69, 9.17) is 5.26 Å². The number of thiazole rings is 1. The number of benzene rings is 1. The number of nitriles is 1. The van der Waals surface area contributed by atoms with E-state index in [1.165, 1.54) is 21.4 Å². The lowest BCUT2D eigenvalue weighted by Crippen LogP contribution is -1.75. The van der Waals surface area contributed by atoms with Crippen LogP contribution in [0.2, 0.25) is 0 Å². The van der Waals surface area contributed by atoms with Gasteiger partial charge in [0.1, 0.15) is 11.1 Å². The van der Waals surface area contributed by atoms with Gasteiger partial charge in [0, 0.05) is 26.4 Å². The quantitative estimate of drug-likeness (QED) is 0.649. The Morgan fingerprint density at radius 2 is 2.00 bits per heavy atom. The number of rotatable bonds is 1. The zero-order valence-corrected chi connectivity index (χ0v) is 9.81. The second-order valence-electron chi connectivity index (χ2n) is 3.30. The topological polar surface area (TPSA) is 36.7 Å². The van der Waals surface area contributed by atoms with Crippen LogP contribution in [0.15, 0.2) is 35.0 Å². The van der Waals surface area contributed by atoms with E-state index in [-0.39, 0.29) is 0 Å². The molecular weight excluding hydrogens is 236 g/mol. The van der Waals surface area contributed by atoms with Crippen LogP contribution in [-0.2, 0) is 0 Å². The van der Waals surface area contributed by atoms with Crippen LogP contribution in [-0.4, -0.2) is 4.98 Å². The Kier molecular flexibility index (Phi) is 2.21. The molecule has 0 unspecified atom stereocenters. The van der Waals surface area contributed by atoms with Crippen LogP contribution >= 0.6 is 22.7 Å². The summed E-state index contributed by atoms with van der Waals surface area (Å²) in [5.74, 6) is 0. The van der Waals surface area contributed by atoms with E-state index in [0.29, 0.717) is 5.69 Å². The van der Waals surface area contributed by atoms with Crippen molar-refractivity contribution in [1.82, 2.24) is 4.98 Å². The minimum Gasteiger partial charge on any atom is -0.225 e. The highest BCUT2D eigenvalue weighted by atomic mass is 32.1. The number of hydrogen-bond donors (Lipinski definition) is 0. The Hall–Kier alpha value is -1.70. The second-order valence-corrected chi connectivity index (χ2v) is 5.06. The predicted molar refractivity (Wildman–Crippen MR) is 67.6 cm³/mol. The molecule has 0 N–H and O–H groups in total. The van der Waals surface area contributed by atoms with Crippen molar-refractivity contribution in [2.45, 2.75) is 0 Å². The van der Waals surface area contributed by atoms with E-state index < -0.39 is 0 Å². The van der Waals surface area contributed by atoms with Gasteiger partial charge in [-0.3, -0.25) is 0 Å². The molecule has 0 radical (unpaired) electrons. The molecule has 0 amide bonds. The van der Waals surface area contributed by atoms with E-state index in [1.54, 1.807) is 16.7 Å². The first kappa shape index (κ1) is 9.52. The van der Waals surface area contributed by atoms with Gasteiger partial charge in [-0.05, 0) is 6.07 Å². The van der Waals surface area contributed by atoms with Crippen molar-refractivity contribution >= 4 is 32.8 Å². The van der Waals surface area contributed by atoms with Crippen molar-refractivity contribution in [3.05, 3.63) is 40.7 Å². The van der Waals surface area contributed by atoms with Gasteiger partial charge in [0.25, 0.3) is 0 Å². The first-order valence-corrected chi connectivity index (χ1v) is 6.46. The highest BCUT2D eigenvalue weighted by Gasteiger charge is 2.09. The molecule has 76 valence electrons. The van der Waals surface area contributed by atoms with Gasteiger partial charge in [-0.15, -0.1) is 22.7 Å². The van der Waals surface area contributed by atoms with Crippen LogP contribution in [0.25, 0.3) is 20.7 Å². The maximum absolute atomic E-state index is 8.76. The monoisotopic (exact) mass is 242 g/mol. The SMILES string of the molecule is N#Cc1csc(-c2csc3ccccc23)n1. The zero-order valence-electron chi connectivity index (χ0n) is 8.18. The lowest BCUT2D eigenvalue weighted by molar-refractivity contribution is 1.34. The molecule has 4 heteroatoms. The first-order valence-electron chi connectivity index (χ1n) is 4.71. The molecule has 0 aliphatic carbocycles. The average Bonchev–Trinajstić information content (AvgIpc) is 2.94. The number of aromatic nitrogens is 1. The van der Waals surface area contributed by atoms with E-state index >= 15 is 0 Å². The van der Waals surface area contributed by atoms with E-state index in [0.717, 1.165) is 10.6 Å². The summed E-state index contributed by atoms with van der Waals surface area (Å²) in [6.07, 6.45) is 0. The molecule has 0 aliphatic rings. The number of hydrogen-bond acceptors (Lipinski definition) is 4. The van der Waals surface area contributed by atoms with Crippen molar-refractivity contribution in [3.63, 3.8) is 0 Å². The molecule has 0 atom stereocenters.